The zero-order valence-electron chi connectivity index (χ0n) is 7.31. The zero-order chi connectivity index (χ0) is 8.69. The van der Waals surface area contributed by atoms with E-state index in [0.717, 1.165) is 18.1 Å². The Hall–Kier alpha value is 0.880. The second-order valence-electron chi connectivity index (χ2n) is 2.85. The van der Waals surface area contributed by atoms with Crippen LogP contribution in [0.15, 0.2) is 0 Å². The quantitative estimate of drug-likeness (QED) is 0.541. The van der Waals surface area contributed by atoms with E-state index >= 15 is 0 Å². The van der Waals surface area contributed by atoms with Gasteiger partial charge in [0, 0.05) is 27.0 Å². The number of hydrogen-bond donors (Lipinski definition) is 0. The summed E-state index contributed by atoms with van der Waals surface area (Å²) < 4.78 is 10.8. The van der Waals surface area contributed by atoms with Crippen LogP contribution in [-0.4, -0.2) is 9.96 Å². The minimum atomic E-state index is -0.621. The van der Waals surface area contributed by atoms with Crippen molar-refractivity contribution in [2.75, 3.05) is 5.75 Å². The van der Waals surface area contributed by atoms with E-state index in [1.54, 1.807) is 0 Å². The van der Waals surface area contributed by atoms with Gasteiger partial charge in [0.05, 0.1) is 7.97 Å². The van der Waals surface area contributed by atoms with E-state index in [0.29, 0.717) is 0 Å². The summed E-state index contributed by atoms with van der Waals surface area (Å²) in [6.45, 7) is 4.43. The molecule has 0 aromatic carbocycles. The normalized spacial score (nSPS) is 16.3. The molecular weight excluding hydrogens is 271 g/mol. The van der Waals surface area contributed by atoms with Crippen molar-refractivity contribution in [3.05, 3.63) is 0 Å². The Balaban J connectivity index is 3.43. The minimum absolute atomic E-state index is 0.621. The Morgan fingerprint density at radius 3 is 2.36 bits per heavy atom. The first-order valence-corrected chi connectivity index (χ1v) is 8.11. The van der Waals surface area contributed by atoms with Gasteiger partial charge >= 0.3 is 0 Å². The Morgan fingerprint density at radius 2 is 2.00 bits per heavy atom. The average Bonchev–Trinajstić information content (AvgIpc) is 1.97. The molecule has 0 rings (SSSR count). The maximum absolute atomic E-state index is 10.8. The van der Waals surface area contributed by atoms with Crippen LogP contribution in [-0.2, 0) is 7.97 Å². The van der Waals surface area contributed by atoms with Crippen LogP contribution in [0, 0.1) is 5.92 Å². The van der Waals surface area contributed by atoms with Gasteiger partial charge in [0.15, 0.2) is 0 Å². The highest BCUT2D eigenvalue weighted by molar-refractivity contribution is 14.2. The molecule has 0 radical (unpaired) electrons. The van der Waals surface area contributed by atoms with Crippen LogP contribution in [0.4, 0.5) is 0 Å². The fourth-order valence-electron chi connectivity index (χ4n) is 1.22. The molecule has 0 saturated heterocycles. The molecule has 0 bridgehead atoms. The van der Waals surface area contributed by atoms with Crippen molar-refractivity contribution in [2.24, 2.45) is 5.92 Å². The third-order valence-electron chi connectivity index (χ3n) is 1.96. The molecule has 2 atom stereocenters. The van der Waals surface area contributed by atoms with Crippen molar-refractivity contribution in [1.29, 1.82) is 0 Å². The molecule has 0 aromatic rings. The predicted molar refractivity (Wildman–Crippen MR) is 60.3 cm³/mol. The zero-order valence-corrected chi connectivity index (χ0v) is 10.3. The maximum Gasteiger partial charge on any atom is 0.0836 e. The van der Waals surface area contributed by atoms with Gasteiger partial charge in [-0.15, -0.1) is 0 Å². The van der Waals surface area contributed by atoms with Crippen molar-refractivity contribution in [2.45, 2.75) is 39.5 Å². The van der Waals surface area contributed by atoms with Crippen LogP contribution < -0.4 is 0 Å². The highest BCUT2D eigenvalue weighted by atomic mass is 127. The van der Waals surface area contributed by atoms with Crippen molar-refractivity contribution < 1.29 is 4.21 Å². The first kappa shape index (κ1) is 11.9. The summed E-state index contributed by atoms with van der Waals surface area (Å²) in [5, 5.41) is 0. The van der Waals surface area contributed by atoms with Gasteiger partial charge in [-0.1, -0.05) is 33.1 Å². The molecule has 2 unspecified atom stereocenters. The molecular formula is C8H17IOS. The van der Waals surface area contributed by atoms with Gasteiger partial charge < -0.3 is 0 Å². The van der Waals surface area contributed by atoms with Crippen LogP contribution >= 0.6 is 21.2 Å². The van der Waals surface area contributed by atoms with E-state index in [4.69, 9.17) is 0 Å². The van der Waals surface area contributed by atoms with Crippen LogP contribution in [0.2, 0.25) is 0 Å². The van der Waals surface area contributed by atoms with Crippen molar-refractivity contribution >= 4 is 29.2 Å². The molecule has 11 heavy (non-hydrogen) atoms. The third-order valence-corrected chi connectivity index (χ3v) is 3.84. The Kier molecular flexibility index (Phi) is 8.13. The fourth-order valence-corrected chi connectivity index (χ4v) is 2.50. The molecule has 1 nitrogen and oxygen atoms in total. The van der Waals surface area contributed by atoms with Gasteiger partial charge in [0.1, 0.15) is 0 Å². The molecule has 68 valence electrons. The Labute approximate surface area is 84.4 Å². The molecule has 0 aliphatic rings. The van der Waals surface area contributed by atoms with Gasteiger partial charge in [-0.3, -0.25) is 0 Å². The monoisotopic (exact) mass is 288 g/mol. The van der Waals surface area contributed by atoms with E-state index in [1.807, 2.05) is 21.2 Å². The maximum atomic E-state index is 10.8. The molecule has 0 aliphatic heterocycles. The molecule has 0 fully saturated rings. The lowest BCUT2D eigenvalue weighted by Gasteiger charge is -2.11. The first-order valence-electron chi connectivity index (χ1n) is 4.25. The standard InChI is InChI=1S/C8H17IOS/c1-3-5-8(4-2)6-7-11(9)10/h8H,3-7H2,1-2H3. The minimum Gasteiger partial charge on any atom is -0.249 e. The van der Waals surface area contributed by atoms with E-state index in [9.17, 15) is 4.21 Å². The summed E-state index contributed by atoms with van der Waals surface area (Å²) in [7, 11) is -0.621. The molecule has 0 heterocycles. The summed E-state index contributed by atoms with van der Waals surface area (Å²) in [5.74, 6) is 1.68. The number of rotatable bonds is 6. The molecule has 0 spiro atoms. The summed E-state index contributed by atoms with van der Waals surface area (Å²) in [6.07, 6.45) is 4.93. The first-order chi connectivity index (χ1) is 5.20. The van der Waals surface area contributed by atoms with E-state index in [-0.39, 0.29) is 0 Å². The van der Waals surface area contributed by atoms with E-state index < -0.39 is 7.97 Å². The van der Waals surface area contributed by atoms with Gasteiger partial charge in [-0.25, -0.2) is 4.21 Å². The molecule has 0 amide bonds. The van der Waals surface area contributed by atoms with E-state index in [2.05, 4.69) is 13.8 Å². The largest absolute Gasteiger partial charge is 0.249 e. The van der Waals surface area contributed by atoms with Gasteiger partial charge in [0.25, 0.3) is 0 Å². The fraction of sp³-hybridized carbons (Fsp3) is 1.00. The Morgan fingerprint density at radius 1 is 1.36 bits per heavy atom. The van der Waals surface area contributed by atoms with Crippen LogP contribution in [0.3, 0.4) is 0 Å². The highest BCUT2D eigenvalue weighted by Gasteiger charge is 2.05. The van der Waals surface area contributed by atoms with Crippen LogP contribution in [0.5, 0.6) is 0 Å². The third kappa shape index (κ3) is 7.25. The van der Waals surface area contributed by atoms with Crippen LogP contribution in [0.1, 0.15) is 39.5 Å². The SMILES string of the molecule is CCCC(CC)CCS(=O)I. The summed E-state index contributed by atoms with van der Waals surface area (Å²) >= 11 is 1.99. The topological polar surface area (TPSA) is 17.1 Å². The second kappa shape index (κ2) is 7.53. The second-order valence-corrected chi connectivity index (χ2v) is 6.78. The molecule has 3 heteroatoms. The number of hydrogen-bond acceptors (Lipinski definition) is 1. The average molecular weight is 288 g/mol. The summed E-state index contributed by atoms with van der Waals surface area (Å²) in [4.78, 5) is 0. The lowest BCUT2D eigenvalue weighted by molar-refractivity contribution is 0.453. The van der Waals surface area contributed by atoms with Crippen molar-refractivity contribution in [3.8, 4) is 0 Å². The highest BCUT2D eigenvalue weighted by Crippen LogP contribution is 2.16. The number of halogens is 1. The lowest BCUT2D eigenvalue weighted by Crippen LogP contribution is -2.02. The van der Waals surface area contributed by atoms with E-state index in [1.165, 1.54) is 19.3 Å². The predicted octanol–water partition coefficient (Wildman–Crippen LogP) is 3.30. The van der Waals surface area contributed by atoms with Crippen LogP contribution in [0.25, 0.3) is 0 Å². The summed E-state index contributed by atoms with van der Waals surface area (Å²) in [6, 6.07) is 0. The molecule has 0 aromatic heterocycles. The smallest absolute Gasteiger partial charge is 0.0836 e. The lowest BCUT2D eigenvalue weighted by atomic mass is 9.98. The van der Waals surface area contributed by atoms with Gasteiger partial charge in [0.2, 0.25) is 0 Å². The van der Waals surface area contributed by atoms with Crippen molar-refractivity contribution in [3.63, 3.8) is 0 Å². The Bertz CT molecular complexity index is 117. The molecule has 0 saturated carbocycles. The van der Waals surface area contributed by atoms with Gasteiger partial charge in [-0.05, 0) is 12.3 Å². The summed E-state index contributed by atoms with van der Waals surface area (Å²) in [5.41, 5.74) is 0. The molecule has 0 aliphatic carbocycles. The molecule has 0 N–H and O–H groups in total. The van der Waals surface area contributed by atoms with Gasteiger partial charge in [-0.2, -0.15) is 0 Å². The van der Waals surface area contributed by atoms with Crippen molar-refractivity contribution in [1.82, 2.24) is 0 Å².